The Balaban J connectivity index is 2.03. The summed E-state index contributed by atoms with van der Waals surface area (Å²) in [5.74, 6) is -0.244. The van der Waals surface area contributed by atoms with Crippen molar-refractivity contribution in [3.63, 3.8) is 0 Å². The molecule has 2 N–H and O–H groups in total. The molecule has 0 radical (unpaired) electrons. The lowest BCUT2D eigenvalue weighted by molar-refractivity contribution is 0.0183. The van der Waals surface area contributed by atoms with E-state index < -0.39 is 5.60 Å². The van der Waals surface area contributed by atoms with Crippen LogP contribution in [0.2, 0.25) is 0 Å². The lowest BCUT2D eigenvalue weighted by atomic mass is 9.92. The fourth-order valence-electron chi connectivity index (χ4n) is 2.30. The molecule has 0 saturated carbocycles. The van der Waals surface area contributed by atoms with Gasteiger partial charge in [-0.15, -0.1) is 0 Å². The van der Waals surface area contributed by atoms with Crippen molar-refractivity contribution in [2.45, 2.75) is 18.4 Å². The van der Waals surface area contributed by atoms with Gasteiger partial charge in [-0.2, -0.15) is 0 Å². The molecule has 1 aliphatic rings. The highest BCUT2D eigenvalue weighted by atomic mass is 19.1. The minimum absolute atomic E-state index is 0.244. The van der Waals surface area contributed by atoms with Gasteiger partial charge in [0.15, 0.2) is 0 Å². The Morgan fingerprint density at radius 1 is 1.41 bits per heavy atom. The van der Waals surface area contributed by atoms with Gasteiger partial charge in [0.25, 0.3) is 0 Å². The molecular formula is C13H19FN2O. The smallest absolute Gasteiger partial charge is 0.125 e. The molecule has 1 fully saturated rings. The average molecular weight is 238 g/mol. The summed E-state index contributed by atoms with van der Waals surface area (Å²) in [6, 6.07) is 6.46. The van der Waals surface area contributed by atoms with E-state index in [-0.39, 0.29) is 5.82 Å². The summed E-state index contributed by atoms with van der Waals surface area (Å²) in [5, 5.41) is 13.6. The van der Waals surface area contributed by atoms with Crippen LogP contribution in [0.15, 0.2) is 24.3 Å². The summed E-state index contributed by atoms with van der Waals surface area (Å²) < 4.78 is 13.1. The van der Waals surface area contributed by atoms with Gasteiger partial charge in [0.2, 0.25) is 0 Å². The fourth-order valence-corrected chi connectivity index (χ4v) is 2.30. The predicted octanol–water partition coefficient (Wildman–Crippen LogP) is 1.38. The molecule has 1 aromatic rings. The van der Waals surface area contributed by atoms with Crippen LogP contribution in [0.1, 0.15) is 12.8 Å². The summed E-state index contributed by atoms with van der Waals surface area (Å²) in [4.78, 5) is 1.91. The number of aliphatic hydroxyl groups is 1. The zero-order valence-electron chi connectivity index (χ0n) is 10.1. The number of nitrogens with zero attached hydrogens (tertiary/aromatic N) is 1. The van der Waals surface area contributed by atoms with E-state index in [0.29, 0.717) is 6.54 Å². The van der Waals surface area contributed by atoms with E-state index in [9.17, 15) is 9.50 Å². The van der Waals surface area contributed by atoms with E-state index in [1.165, 1.54) is 12.1 Å². The number of anilines is 1. The van der Waals surface area contributed by atoms with Crippen LogP contribution >= 0.6 is 0 Å². The van der Waals surface area contributed by atoms with E-state index in [1.807, 2.05) is 18.0 Å². The molecule has 0 atom stereocenters. The molecule has 0 aliphatic carbocycles. The van der Waals surface area contributed by atoms with Crippen LogP contribution in [0, 0.1) is 5.82 Å². The van der Waals surface area contributed by atoms with E-state index >= 15 is 0 Å². The van der Waals surface area contributed by atoms with Crippen molar-refractivity contribution >= 4 is 5.69 Å². The lowest BCUT2D eigenvalue weighted by Gasteiger charge is -2.36. The Labute approximate surface area is 101 Å². The van der Waals surface area contributed by atoms with Crippen molar-refractivity contribution in [1.82, 2.24) is 5.32 Å². The standard InChI is InChI=1S/C13H19FN2O/c1-16(12-4-2-3-11(14)9-12)10-13(17)5-7-15-8-6-13/h2-4,9,15,17H,5-8,10H2,1H3. The number of nitrogens with one attached hydrogen (secondary N) is 1. The van der Waals surface area contributed by atoms with Gasteiger partial charge in [0.1, 0.15) is 5.82 Å². The van der Waals surface area contributed by atoms with Gasteiger partial charge in [-0.1, -0.05) is 6.07 Å². The fraction of sp³-hybridized carbons (Fsp3) is 0.538. The molecule has 4 heteroatoms. The largest absolute Gasteiger partial charge is 0.388 e. The monoisotopic (exact) mass is 238 g/mol. The first-order valence-corrected chi connectivity index (χ1v) is 5.99. The Hall–Kier alpha value is -1.13. The van der Waals surface area contributed by atoms with Crippen molar-refractivity contribution in [3.8, 4) is 0 Å². The van der Waals surface area contributed by atoms with Crippen molar-refractivity contribution in [2.24, 2.45) is 0 Å². The molecule has 0 bridgehead atoms. The van der Waals surface area contributed by atoms with Crippen molar-refractivity contribution in [1.29, 1.82) is 0 Å². The number of likely N-dealkylation sites (N-methyl/N-ethyl adjacent to an activating group) is 1. The van der Waals surface area contributed by atoms with Gasteiger partial charge in [-0.05, 0) is 44.1 Å². The average Bonchev–Trinajstić information content (AvgIpc) is 2.29. The van der Waals surface area contributed by atoms with Crippen LogP contribution in [-0.4, -0.2) is 37.4 Å². The highest BCUT2D eigenvalue weighted by Crippen LogP contribution is 2.22. The highest BCUT2D eigenvalue weighted by molar-refractivity contribution is 5.46. The topological polar surface area (TPSA) is 35.5 Å². The molecule has 0 amide bonds. The van der Waals surface area contributed by atoms with Gasteiger partial charge in [0.05, 0.1) is 5.60 Å². The summed E-state index contributed by atoms with van der Waals surface area (Å²) in [6.45, 7) is 2.22. The normalized spacial score (nSPS) is 19.0. The van der Waals surface area contributed by atoms with Crippen LogP contribution in [-0.2, 0) is 0 Å². The summed E-state index contributed by atoms with van der Waals surface area (Å²) >= 11 is 0. The van der Waals surface area contributed by atoms with Crippen LogP contribution in [0.4, 0.5) is 10.1 Å². The zero-order chi connectivity index (χ0) is 12.3. The van der Waals surface area contributed by atoms with E-state index in [2.05, 4.69) is 5.32 Å². The molecule has 1 saturated heterocycles. The predicted molar refractivity (Wildman–Crippen MR) is 66.7 cm³/mol. The van der Waals surface area contributed by atoms with Gasteiger partial charge < -0.3 is 15.3 Å². The minimum Gasteiger partial charge on any atom is -0.388 e. The summed E-state index contributed by atoms with van der Waals surface area (Å²) in [5.41, 5.74) is 0.142. The van der Waals surface area contributed by atoms with Crippen LogP contribution in [0.5, 0.6) is 0 Å². The molecule has 17 heavy (non-hydrogen) atoms. The summed E-state index contributed by atoms with van der Waals surface area (Å²) in [7, 11) is 1.88. The molecular weight excluding hydrogens is 219 g/mol. The van der Waals surface area contributed by atoms with Crippen molar-refractivity contribution < 1.29 is 9.50 Å². The molecule has 94 valence electrons. The first-order chi connectivity index (χ1) is 8.09. The number of rotatable bonds is 3. The number of piperidine rings is 1. The molecule has 3 nitrogen and oxygen atoms in total. The van der Waals surface area contributed by atoms with Crippen LogP contribution < -0.4 is 10.2 Å². The van der Waals surface area contributed by atoms with Crippen molar-refractivity contribution in [2.75, 3.05) is 31.6 Å². The Bertz CT molecular complexity index is 377. The first kappa shape index (κ1) is 12.3. The Morgan fingerprint density at radius 3 is 2.76 bits per heavy atom. The van der Waals surface area contributed by atoms with Gasteiger partial charge >= 0.3 is 0 Å². The molecule has 2 rings (SSSR count). The maximum absolute atomic E-state index is 13.1. The molecule has 1 aromatic carbocycles. The van der Waals surface area contributed by atoms with Gasteiger partial charge in [0, 0.05) is 19.3 Å². The highest BCUT2D eigenvalue weighted by Gasteiger charge is 2.30. The van der Waals surface area contributed by atoms with Crippen LogP contribution in [0.25, 0.3) is 0 Å². The molecule has 0 unspecified atom stereocenters. The second-order valence-electron chi connectivity index (χ2n) is 4.81. The van der Waals surface area contributed by atoms with Crippen LogP contribution in [0.3, 0.4) is 0 Å². The van der Waals surface area contributed by atoms with Crippen molar-refractivity contribution in [3.05, 3.63) is 30.1 Å². The quantitative estimate of drug-likeness (QED) is 0.835. The Morgan fingerprint density at radius 2 is 2.12 bits per heavy atom. The SMILES string of the molecule is CN(CC1(O)CCNCC1)c1cccc(F)c1. The summed E-state index contributed by atoms with van der Waals surface area (Å²) in [6.07, 6.45) is 1.49. The third-order valence-electron chi connectivity index (χ3n) is 3.31. The second-order valence-corrected chi connectivity index (χ2v) is 4.81. The Kier molecular flexibility index (Phi) is 3.64. The molecule has 0 spiro atoms. The number of hydrogen-bond donors (Lipinski definition) is 2. The van der Waals surface area contributed by atoms with E-state index in [1.54, 1.807) is 6.07 Å². The molecule has 0 aromatic heterocycles. The minimum atomic E-state index is -0.660. The first-order valence-electron chi connectivity index (χ1n) is 5.99. The zero-order valence-corrected chi connectivity index (χ0v) is 10.1. The number of hydrogen-bond acceptors (Lipinski definition) is 3. The third-order valence-corrected chi connectivity index (χ3v) is 3.31. The van der Waals surface area contributed by atoms with Gasteiger partial charge in [-0.3, -0.25) is 0 Å². The van der Waals surface area contributed by atoms with Gasteiger partial charge in [-0.25, -0.2) is 4.39 Å². The third kappa shape index (κ3) is 3.17. The molecule has 1 heterocycles. The lowest BCUT2D eigenvalue weighted by Crippen LogP contribution is -2.49. The maximum Gasteiger partial charge on any atom is 0.125 e. The molecule has 1 aliphatic heterocycles. The number of halogens is 1. The maximum atomic E-state index is 13.1. The van der Waals surface area contributed by atoms with E-state index in [0.717, 1.165) is 31.6 Å². The number of benzene rings is 1. The second kappa shape index (κ2) is 5.02. The van der Waals surface area contributed by atoms with E-state index in [4.69, 9.17) is 0 Å².